The summed E-state index contributed by atoms with van der Waals surface area (Å²) >= 11 is 3.24. The third kappa shape index (κ3) is 2.96. The number of hydrogen-bond donors (Lipinski definition) is 0. The highest BCUT2D eigenvalue weighted by molar-refractivity contribution is 9.08. The first-order valence-corrected chi connectivity index (χ1v) is 6.91. The van der Waals surface area contributed by atoms with Gasteiger partial charge in [-0.1, -0.05) is 28.1 Å². The molecule has 2 rings (SSSR count). The van der Waals surface area contributed by atoms with Crippen LogP contribution in [0.1, 0.15) is 11.1 Å². The lowest BCUT2D eigenvalue weighted by Crippen LogP contribution is -1.97. The Kier molecular flexibility index (Phi) is 4.34. The molecule has 0 fully saturated rings. The van der Waals surface area contributed by atoms with Gasteiger partial charge in [-0.25, -0.2) is 4.39 Å². The van der Waals surface area contributed by atoms with E-state index in [1.54, 1.807) is 19.1 Å². The van der Waals surface area contributed by atoms with Crippen molar-refractivity contribution in [3.63, 3.8) is 0 Å². The van der Waals surface area contributed by atoms with Crippen LogP contribution in [0.3, 0.4) is 0 Å². The van der Waals surface area contributed by atoms with E-state index in [4.69, 9.17) is 4.74 Å². The maximum Gasteiger partial charge on any atom is 0.314 e. The first kappa shape index (κ1) is 14.5. The quantitative estimate of drug-likeness (QED) is 0.459. The van der Waals surface area contributed by atoms with Gasteiger partial charge >= 0.3 is 5.69 Å². The van der Waals surface area contributed by atoms with Crippen molar-refractivity contribution < 1.29 is 14.1 Å². The van der Waals surface area contributed by atoms with Crippen molar-refractivity contribution in [2.75, 3.05) is 0 Å². The number of rotatable bonds is 4. The summed E-state index contributed by atoms with van der Waals surface area (Å²) in [6.45, 7) is 1.64. The van der Waals surface area contributed by atoms with Crippen molar-refractivity contribution in [2.45, 2.75) is 12.3 Å². The normalized spacial score (nSPS) is 10.3. The van der Waals surface area contributed by atoms with Crippen LogP contribution in [0.5, 0.6) is 11.5 Å². The Morgan fingerprint density at radius 1 is 1.30 bits per heavy atom. The van der Waals surface area contributed by atoms with Crippen LogP contribution in [0.2, 0.25) is 0 Å². The van der Waals surface area contributed by atoms with Gasteiger partial charge in [0.15, 0.2) is 0 Å². The Bertz CT molecular complexity index is 661. The van der Waals surface area contributed by atoms with E-state index in [9.17, 15) is 14.5 Å². The van der Waals surface area contributed by atoms with E-state index in [0.29, 0.717) is 22.2 Å². The highest BCUT2D eigenvalue weighted by Crippen LogP contribution is 2.35. The molecule has 0 spiro atoms. The van der Waals surface area contributed by atoms with E-state index in [1.165, 1.54) is 24.3 Å². The predicted molar refractivity (Wildman–Crippen MR) is 76.9 cm³/mol. The van der Waals surface area contributed by atoms with Gasteiger partial charge in [-0.15, -0.1) is 0 Å². The smallest absolute Gasteiger partial charge is 0.314 e. The molecule has 0 aliphatic carbocycles. The Labute approximate surface area is 123 Å². The Hall–Kier alpha value is -1.95. The molecule has 0 atom stereocenters. The first-order valence-electron chi connectivity index (χ1n) is 5.79. The zero-order valence-electron chi connectivity index (χ0n) is 10.6. The average Bonchev–Trinajstić information content (AvgIpc) is 2.40. The third-order valence-corrected chi connectivity index (χ3v) is 3.37. The minimum Gasteiger partial charge on any atom is -0.450 e. The molecule has 2 aromatic carbocycles. The van der Waals surface area contributed by atoms with Crippen molar-refractivity contribution in [3.8, 4) is 11.5 Å². The van der Waals surface area contributed by atoms with Gasteiger partial charge in [-0.05, 0) is 31.2 Å². The fraction of sp³-hybridized carbons (Fsp3) is 0.143. The topological polar surface area (TPSA) is 52.4 Å². The van der Waals surface area contributed by atoms with Crippen LogP contribution in [0, 0.1) is 22.9 Å². The van der Waals surface area contributed by atoms with Crippen molar-refractivity contribution in [1.29, 1.82) is 0 Å². The van der Waals surface area contributed by atoms with Crippen LogP contribution in [0.15, 0.2) is 36.4 Å². The zero-order valence-corrected chi connectivity index (χ0v) is 12.2. The van der Waals surface area contributed by atoms with Gasteiger partial charge in [0, 0.05) is 16.5 Å². The van der Waals surface area contributed by atoms with Gasteiger partial charge < -0.3 is 4.74 Å². The predicted octanol–water partition coefficient (Wildman–Crippen LogP) is 4.73. The minimum absolute atomic E-state index is 0.0858. The highest BCUT2D eigenvalue weighted by atomic mass is 79.9. The Morgan fingerprint density at radius 3 is 2.70 bits per heavy atom. The second-order valence-electron chi connectivity index (χ2n) is 4.17. The molecule has 0 saturated heterocycles. The van der Waals surface area contributed by atoms with Gasteiger partial charge in [0.25, 0.3) is 0 Å². The van der Waals surface area contributed by atoms with Crippen molar-refractivity contribution in [3.05, 3.63) is 63.5 Å². The maximum absolute atomic E-state index is 13.2. The minimum atomic E-state index is -0.484. The first-order chi connectivity index (χ1) is 9.52. The average molecular weight is 340 g/mol. The highest BCUT2D eigenvalue weighted by Gasteiger charge is 2.19. The van der Waals surface area contributed by atoms with Crippen LogP contribution < -0.4 is 4.74 Å². The summed E-state index contributed by atoms with van der Waals surface area (Å²) in [5, 5.41) is 11.5. The maximum atomic E-state index is 13.2. The molecule has 4 nitrogen and oxygen atoms in total. The molecule has 0 aromatic heterocycles. The summed E-state index contributed by atoms with van der Waals surface area (Å²) in [5.41, 5.74) is 1.01. The molecule has 0 amide bonds. The number of alkyl halides is 1. The number of ether oxygens (including phenoxy) is 1. The van der Waals surface area contributed by atoms with E-state index >= 15 is 0 Å². The number of nitro benzene ring substituents is 1. The molecule has 20 heavy (non-hydrogen) atoms. The lowest BCUT2D eigenvalue weighted by molar-refractivity contribution is -0.386. The van der Waals surface area contributed by atoms with Crippen LogP contribution in [0.25, 0.3) is 0 Å². The Morgan fingerprint density at radius 2 is 2.05 bits per heavy atom. The van der Waals surface area contributed by atoms with Gasteiger partial charge in [-0.2, -0.15) is 0 Å². The molecular weight excluding hydrogens is 329 g/mol. The molecule has 6 heteroatoms. The van der Waals surface area contributed by atoms with E-state index in [0.717, 1.165) is 0 Å². The summed E-state index contributed by atoms with van der Waals surface area (Å²) in [6.07, 6.45) is 0. The number of aryl methyl sites for hydroxylation is 1. The zero-order chi connectivity index (χ0) is 14.7. The molecule has 0 radical (unpaired) electrons. The number of nitrogens with zero attached hydrogens (tertiary/aromatic N) is 1. The van der Waals surface area contributed by atoms with Crippen LogP contribution in [-0.4, -0.2) is 4.92 Å². The molecule has 0 N–H and O–H groups in total. The molecule has 0 saturated carbocycles. The monoisotopic (exact) mass is 339 g/mol. The summed E-state index contributed by atoms with van der Waals surface area (Å²) in [4.78, 5) is 10.6. The fourth-order valence-corrected chi connectivity index (χ4v) is 2.26. The molecule has 0 bridgehead atoms. The van der Waals surface area contributed by atoms with Gasteiger partial charge in [0.1, 0.15) is 11.6 Å². The number of hydrogen-bond acceptors (Lipinski definition) is 3. The molecule has 0 aliphatic heterocycles. The van der Waals surface area contributed by atoms with Crippen LogP contribution >= 0.6 is 15.9 Å². The number of nitro groups is 1. The molecular formula is C14H11BrFNO3. The third-order valence-electron chi connectivity index (χ3n) is 2.77. The van der Waals surface area contributed by atoms with Gasteiger partial charge in [0.2, 0.25) is 5.75 Å². The van der Waals surface area contributed by atoms with E-state index in [2.05, 4.69) is 15.9 Å². The van der Waals surface area contributed by atoms with Gasteiger partial charge in [0.05, 0.1) is 4.92 Å². The molecule has 104 valence electrons. The summed E-state index contributed by atoms with van der Waals surface area (Å²) in [7, 11) is 0. The molecule has 0 unspecified atom stereocenters. The number of benzene rings is 2. The SMILES string of the molecule is Cc1cccc(Oc2ccc(F)cc2CBr)c1[N+](=O)[O-]. The molecule has 0 heterocycles. The summed E-state index contributed by atoms with van der Waals surface area (Å²) < 4.78 is 18.8. The molecule has 0 aliphatic rings. The van der Waals surface area contributed by atoms with Gasteiger partial charge in [-0.3, -0.25) is 10.1 Å². The van der Waals surface area contributed by atoms with Crippen molar-refractivity contribution >= 4 is 21.6 Å². The standard InChI is InChI=1S/C14H11BrFNO3/c1-9-3-2-4-13(14(9)17(18)19)20-12-6-5-11(16)7-10(12)8-15/h2-7H,8H2,1H3. The lowest BCUT2D eigenvalue weighted by atomic mass is 10.2. The van der Waals surface area contributed by atoms with Crippen molar-refractivity contribution in [2.24, 2.45) is 0 Å². The van der Waals surface area contributed by atoms with Crippen molar-refractivity contribution in [1.82, 2.24) is 0 Å². The van der Waals surface area contributed by atoms with Crippen LogP contribution in [0.4, 0.5) is 10.1 Å². The second-order valence-corrected chi connectivity index (χ2v) is 4.73. The fourth-order valence-electron chi connectivity index (χ4n) is 1.82. The van der Waals surface area contributed by atoms with E-state index < -0.39 is 4.92 Å². The Balaban J connectivity index is 2.45. The van der Waals surface area contributed by atoms with E-state index in [-0.39, 0.29) is 17.3 Å². The summed E-state index contributed by atoms with van der Waals surface area (Å²) in [5.74, 6) is 0.145. The number of para-hydroxylation sites is 1. The lowest BCUT2D eigenvalue weighted by Gasteiger charge is -2.10. The second kappa shape index (κ2) is 6.00. The molecule has 2 aromatic rings. The summed E-state index contributed by atoms with van der Waals surface area (Å²) in [6, 6.07) is 8.87. The van der Waals surface area contributed by atoms with E-state index in [1.807, 2.05) is 0 Å². The van der Waals surface area contributed by atoms with Crippen LogP contribution in [-0.2, 0) is 5.33 Å². The number of halogens is 2. The largest absolute Gasteiger partial charge is 0.450 e.